The number of nitrogens with zero attached hydrogens (tertiary/aromatic N) is 1. The molecule has 0 saturated heterocycles. The SMILES string of the molecule is COc1cccnc1C1(O)CCC(C(F)(F)F)CC1. The maximum Gasteiger partial charge on any atom is 0.391 e. The van der Waals surface area contributed by atoms with E-state index < -0.39 is 17.7 Å². The number of ether oxygens (including phenoxy) is 1. The molecule has 0 radical (unpaired) electrons. The molecule has 0 bridgehead atoms. The van der Waals surface area contributed by atoms with Gasteiger partial charge in [-0.15, -0.1) is 0 Å². The van der Waals surface area contributed by atoms with E-state index >= 15 is 0 Å². The first-order valence-electron chi connectivity index (χ1n) is 6.15. The number of aromatic nitrogens is 1. The Morgan fingerprint density at radius 1 is 1.37 bits per heavy atom. The van der Waals surface area contributed by atoms with Gasteiger partial charge in [0.2, 0.25) is 0 Å². The van der Waals surface area contributed by atoms with Crippen LogP contribution in [-0.4, -0.2) is 23.4 Å². The van der Waals surface area contributed by atoms with E-state index in [2.05, 4.69) is 4.98 Å². The number of pyridine rings is 1. The van der Waals surface area contributed by atoms with Crippen LogP contribution in [0.3, 0.4) is 0 Å². The van der Waals surface area contributed by atoms with Crippen molar-refractivity contribution in [2.45, 2.75) is 37.5 Å². The molecule has 0 amide bonds. The largest absolute Gasteiger partial charge is 0.495 e. The van der Waals surface area contributed by atoms with Crippen LogP contribution in [0.4, 0.5) is 13.2 Å². The molecule has 19 heavy (non-hydrogen) atoms. The van der Waals surface area contributed by atoms with Crippen LogP contribution in [0.1, 0.15) is 31.4 Å². The van der Waals surface area contributed by atoms with Crippen LogP contribution < -0.4 is 4.74 Å². The summed E-state index contributed by atoms with van der Waals surface area (Å²) in [5.41, 5.74) is -0.993. The molecule has 0 aliphatic heterocycles. The van der Waals surface area contributed by atoms with Crippen molar-refractivity contribution in [2.24, 2.45) is 5.92 Å². The van der Waals surface area contributed by atoms with Gasteiger partial charge in [-0.05, 0) is 37.8 Å². The maximum atomic E-state index is 12.6. The third-order valence-corrected chi connectivity index (χ3v) is 3.71. The quantitative estimate of drug-likeness (QED) is 0.902. The van der Waals surface area contributed by atoms with Crippen molar-refractivity contribution in [1.82, 2.24) is 4.98 Å². The predicted octanol–water partition coefficient (Wildman–Crippen LogP) is 3.03. The topological polar surface area (TPSA) is 42.4 Å². The number of methoxy groups -OCH3 is 1. The summed E-state index contributed by atoms with van der Waals surface area (Å²) < 4.78 is 43.0. The number of aliphatic hydroxyl groups is 1. The van der Waals surface area contributed by atoms with Gasteiger partial charge in [0.1, 0.15) is 17.0 Å². The standard InChI is InChI=1S/C13H16F3NO2/c1-19-10-3-2-8-17-11(10)12(18)6-4-9(5-7-12)13(14,15)16/h2-3,8-9,18H,4-7H2,1H3. The van der Waals surface area contributed by atoms with Crippen LogP contribution in [0.25, 0.3) is 0 Å². The Labute approximate surface area is 109 Å². The summed E-state index contributed by atoms with van der Waals surface area (Å²) in [7, 11) is 1.45. The molecule has 1 heterocycles. The van der Waals surface area contributed by atoms with Crippen LogP contribution in [-0.2, 0) is 5.60 Å². The lowest BCUT2D eigenvalue weighted by Gasteiger charge is -2.36. The van der Waals surface area contributed by atoms with Crippen LogP contribution in [0.2, 0.25) is 0 Å². The van der Waals surface area contributed by atoms with Gasteiger partial charge < -0.3 is 9.84 Å². The fourth-order valence-electron chi connectivity index (χ4n) is 2.56. The van der Waals surface area contributed by atoms with Gasteiger partial charge >= 0.3 is 6.18 Å². The van der Waals surface area contributed by atoms with Gasteiger partial charge in [-0.3, -0.25) is 4.98 Å². The van der Waals surface area contributed by atoms with E-state index in [1.54, 1.807) is 12.1 Å². The highest BCUT2D eigenvalue weighted by Crippen LogP contribution is 2.46. The molecular weight excluding hydrogens is 259 g/mol. The predicted molar refractivity (Wildman–Crippen MR) is 62.7 cm³/mol. The average Bonchev–Trinajstić information content (AvgIpc) is 2.38. The molecule has 1 saturated carbocycles. The van der Waals surface area contributed by atoms with Gasteiger partial charge in [-0.1, -0.05) is 0 Å². The molecule has 0 atom stereocenters. The number of alkyl halides is 3. The number of hydrogen-bond donors (Lipinski definition) is 1. The third-order valence-electron chi connectivity index (χ3n) is 3.71. The van der Waals surface area contributed by atoms with Gasteiger partial charge in [-0.2, -0.15) is 13.2 Å². The molecule has 1 aliphatic carbocycles. The maximum absolute atomic E-state index is 12.6. The molecule has 0 aromatic carbocycles. The summed E-state index contributed by atoms with van der Waals surface area (Å²) in [5, 5.41) is 10.5. The summed E-state index contributed by atoms with van der Waals surface area (Å²) in [6, 6.07) is 3.31. The molecule has 1 N–H and O–H groups in total. The third kappa shape index (κ3) is 2.83. The first kappa shape index (κ1) is 14.1. The molecule has 3 nitrogen and oxygen atoms in total. The van der Waals surface area contributed by atoms with E-state index in [4.69, 9.17) is 4.74 Å². The number of halogens is 3. The molecule has 0 unspecified atom stereocenters. The molecule has 1 aliphatic rings. The van der Waals surface area contributed by atoms with Crippen LogP contribution in [0, 0.1) is 5.92 Å². The smallest absolute Gasteiger partial charge is 0.391 e. The number of hydrogen-bond acceptors (Lipinski definition) is 3. The summed E-state index contributed by atoms with van der Waals surface area (Å²) >= 11 is 0. The van der Waals surface area contributed by atoms with E-state index in [0.29, 0.717) is 11.4 Å². The van der Waals surface area contributed by atoms with Crippen molar-refractivity contribution in [3.05, 3.63) is 24.0 Å². The Bertz CT molecular complexity index is 440. The second-order valence-electron chi connectivity index (χ2n) is 4.90. The lowest BCUT2D eigenvalue weighted by Crippen LogP contribution is -2.37. The minimum absolute atomic E-state index is 0.0462. The minimum Gasteiger partial charge on any atom is -0.495 e. The van der Waals surface area contributed by atoms with Gasteiger partial charge in [0.05, 0.1) is 13.0 Å². The van der Waals surface area contributed by atoms with Crippen molar-refractivity contribution >= 4 is 0 Å². The second kappa shape index (κ2) is 5.00. The molecule has 0 spiro atoms. The first-order valence-corrected chi connectivity index (χ1v) is 6.15. The molecule has 106 valence electrons. The van der Waals surface area contributed by atoms with E-state index in [-0.39, 0.29) is 25.7 Å². The highest BCUT2D eigenvalue weighted by molar-refractivity contribution is 5.32. The van der Waals surface area contributed by atoms with E-state index in [1.165, 1.54) is 13.3 Å². The summed E-state index contributed by atoms with van der Waals surface area (Å²) in [6.45, 7) is 0. The highest BCUT2D eigenvalue weighted by Gasteiger charge is 2.47. The minimum atomic E-state index is -4.18. The lowest BCUT2D eigenvalue weighted by molar-refractivity contribution is -0.193. The molecule has 1 aromatic rings. The van der Waals surface area contributed by atoms with E-state index in [1.807, 2.05) is 0 Å². The van der Waals surface area contributed by atoms with Gasteiger partial charge in [0, 0.05) is 6.20 Å². The Morgan fingerprint density at radius 3 is 2.53 bits per heavy atom. The molecule has 1 fully saturated rings. The summed E-state index contributed by atoms with van der Waals surface area (Å²) in [6.07, 6.45) is -2.75. The fourth-order valence-corrected chi connectivity index (χ4v) is 2.56. The zero-order valence-corrected chi connectivity index (χ0v) is 10.6. The van der Waals surface area contributed by atoms with E-state index in [0.717, 1.165) is 0 Å². The number of rotatable bonds is 2. The lowest BCUT2D eigenvalue weighted by atomic mass is 9.76. The Hall–Kier alpha value is -1.30. The van der Waals surface area contributed by atoms with Gasteiger partial charge in [0.25, 0.3) is 0 Å². The second-order valence-corrected chi connectivity index (χ2v) is 4.90. The van der Waals surface area contributed by atoms with E-state index in [9.17, 15) is 18.3 Å². The van der Waals surface area contributed by atoms with Gasteiger partial charge in [0.15, 0.2) is 0 Å². The molecule has 1 aromatic heterocycles. The monoisotopic (exact) mass is 275 g/mol. The van der Waals surface area contributed by atoms with Crippen molar-refractivity contribution < 1.29 is 23.0 Å². The highest BCUT2D eigenvalue weighted by atomic mass is 19.4. The van der Waals surface area contributed by atoms with Crippen molar-refractivity contribution in [2.75, 3.05) is 7.11 Å². The fraction of sp³-hybridized carbons (Fsp3) is 0.615. The molecule has 6 heteroatoms. The van der Waals surface area contributed by atoms with Crippen molar-refractivity contribution in [1.29, 1.82) is 0 Å². The molecule has 2 rings (SSSR count). The van der Waals surface area contributed by atoms with Crippen LogP contribution in [0.5, 0.6) is 5.75 Å². The van der Waals surface area contributed by atoms with Crippen LogP contribution in [0.15, 0.2) is 18.3 Å². The first-order chi connectivity index (χ1) is 8.87. The Morgan fingerprint density at radius 2 is 2.00 bits per heavy atom. The zero-order valence-electron chi connectivity index (χ0n) is 10.6. The average molecular weight is 275 g/mol. The Kier molecular flexibility index (Phi) is 3.71. The summed E-state index contributed by atoms with van der Waals surface area (Å²) in [4.78, 5) is 4.08. The Balaban J connectivity index is 2.18. The van der Waals surface area contributed by atoms with Crippen molar-refractivity contribution in [3.8, 4) is 5.75 Å². The summed E-state index contributed by atoms with van der Waals surface area (Å²) in [5.74, 6) is -0.919. The normalized spacial score (nSPS) is 28.2. The van der Waals surface area contributed by atoms with Crippen molar-refractivity contribution in [3.63, 3.8) is 0 Å². The van der Waals surface area contributed by atoms with Gasteiger partial charge in [-0.25, -0.2) is 0 Å². The van der Waals surface area contributed by atoms with Crippen LogP contribution >= 0.6 is 0 Å². The molecular formula is C13H16F3NO2. The zero-order chi connectivity index (χ0) is 14.1.